The third kappa shape index (κ3) is 3.85. The first-order chi connectivity index (χ1) is 7.73. The second kappa shape index (κ2) is 5.57. The van der Waals surface area contributed by atoms with Gasteiger partial charge in [-0.3, -0.25) is 0 Å². The van der Waals surface area contributed by atoms with Crippen LogP contribution in [0.5, 0.6) is 0 Å². The summed E-state index contributed by atoms with van der Waals surface area (Å²) in [5.74, 6) is 0. The molecular formula is C13H19Cl2NO. The number of hydrogen-bond acceptors (Lipinski definition) is 2. The number of aliphatic hydroxyl groups excluding tert-OH is 1. The lowest BCUT2D eigenvalue weighted by atomic mass is 9.83. The van der Waals surface area contributed by atoms with E-state index in [1.54, 1.807) is 18.2 Å². The highest BCUT2D eigenvalue weighted by molar-refractivity contribution is 6.36. The lowest BCUT2D eigenvalue weighted by Crippen LogP contribution is -2.36. The predicted octanol–water partition coefficient (Wildman–Crippen LogP) is 3.79. The predicted molar refractivity (Wildman–Crippen MR) is 73.5 cm³/mol. The Labute approximate surface area is 113 Å². The van der Waals surface area contributed by atoms with E-state index in [0.29, 0.717) is 22.0 Å². The van der Waals surface area contributed by atoms with Crippen molar-refractivity contribution in [2.24, 2.45) is 11.1 Å². The van der Waals surface area contributed by atoms with Gasteiger partial charge < -0.3 is 10.8 Å². The first kappa shape index (κ1) is 14.8. The lowest BCUT2D eigenvalue weighted by molar-refractivity contribution is 0.133. The fraction of sp³-hybridized carbons (Fsp3) is 0.538. The van der Waals surface area contributed by atoms with Crippen LogP contribution in [0.15, 0.2) is 18.2 Å². The van der Waals surface area contributed by atoms with Crippen molar-refractivity contribution in [3.8, 4) is 0 Å². The highest BCUT2D eigenvalue weighted by Crippen LogP contribution is 2.34. The van der Waals surface area contributed by atoms with Gasteiger partial charge in [-0.15, -0.1) is 0 Å². The summed E-state index contributed by atoms with van der Waals surface area (Å²) in [6.07, 6.45) is -0.294. The van der Waals surface area contributed by atoms with Crippen molar-refractivity contribution in [2.45, 2.75) is 39.3 Å². The number of nitrogens with two attached hydrogens (primary N) is 1. The van der Waals surface area contributed by atoms with Crippen molar-refractivity contribution in [2.75, 3.05) is 0 Å². The molecule has 1 rings (SSSR count). The van der Waals surface area contributed by atoms with Gasteiger partial charge in [-0.2, -0.15) is 0 Å². The fourth-order valence-corrected chi connectivity index (χ4v) is 2.19. The number of benzene rings is 1. The van der Waals surface area contributed by atoms with E-state index in [1.165, 1.54) is 0 Å². The molecule has 1 aromatic rings. The summed E-state index contributed by atoms with van der Waals surface area (Å²) in [7, 11) is 0. The maximum Gasteiger partial charge on any atom is 0.0834 e. The highest BCUT2D eigenvalue weighted by Gasteiger charge is 2.25. The minimum atomic E-state index is -0.731. The van der Waals surface area contributed by atoms with E-state index >= 15 is 0 Å². The van der Waals surface area contributed by atoms with E-state index in [9.17, 15) is 5.11 Å². The molecule has 0 fully saturated rings. The summed E-state index contributed by atoms with van der Waals surface area (Å²) in [6.45, 7) is 6.12. The maximum absolute atomic E-state index is 10.2. The quantitative estimate of drug-likeness (QED) is 0.882. The van der Waals surface area contributed by atoms with Crippen LogP contribution in [0.3, 0.4) is 0 Å². The van der Waals surface area contributed by atoms with Gasteiger partial charge in [0, 0.05) is 21.7 Å². The summed E-state index contributed by atoms with van der Waals surface area (Å²) >= 11 is 12.1. The molecule has 1 aromatic carbocycles. The first-order valence-corrected chi connectivity index (χ1v) is 6.36. The molecule has 96 valence electrons. The zero-order chi connectivity index (χ0) is 13.2. The molecule has 0 amide bonds. The van der Waals surface area contributed by atoms with E-state index in [-0.39, 0.29) is 11.5 Å². The van der Waals surface area contributed by atoms with Gasteiger partial charge in [0.1, 0.15) is 0 Å². The monoisotopic (exact) mass is 275 g/mol. The summed E-state index contributed by atoms with van der Waals surface area (Å²) in [6, 6.07) is 5.07. The van der Waals surface area contributed by atoms with Gasteiger partial charge in [-0.25, -0.2) is 0 Å². The molecule has 0 spiro atoms. The van der Waals surface area contributed by atoms with Crippen LogP contribution in [0, 0.1) is 5.41 Å². The third-order valence-corrected chi connectivity index (χ3v) is 3.58. The molecule has 0 unspecified atom stereocenters. The van der Waals surface area contributed by atoms with Crippen LogP contribution < -0.4 is 5.73 Å². The van der Waals surface area contributed by atoms with E-state index in [1.807, 2.05) is 20.8 Å². The fourth-order valence-electron chi connectivity index (χ4n) is 1.54. The van der Waals surface area contributed by atoms with Crippen LogP contribution in [0.25, 0.3) is 0 Å². The van der Waals surface area contributed by atoms with Gasteiger partial charge in [0.15, 0.2) is 0 Å². The van der Waals surface area contributed by atoms with E-state index in [0.717, 1.165) is 0 Å². The second-order valence-electron chi connectivity index (χ2n) is 5.36. The minimum absolute atomic E-state index is 0.0608. The highest BCUT2D eigenvalue weighted by atomic mass is 35.5. The molecule has 2 nitrogen and oxygen atoms in total. The van der Waals surface area contributed by atoms with Gasteiger partial charge in [0.05, 0.1) is 6.10 Å². The molecule has 0 aliphatic rings. The molecule has 0 aromatic heterocycles. The van der Waals surface area contributed by atoms with Crippen LogP contribution >= 0.6 is 23.2 Å². The Hall–Kier alpha value is -0.280. The van der Waals surface area contributed by atoms with E-state index in [4.69, 9.17) is 28.9 Å². The maximum atomic E-state index is 10.2. The molecule has 2 atom stereocenters. The Morgan fingerprint density at radius 1 is 1.24 bits per heavy atom. The smallest absolute Gasteiger partial charge is 0.0834 e. The van der Waals surface area contributed by atoms with Crippen molar-refractivity contribution in [3.63, 3.8) is 0 Å². The van der Waals surface area contributed by atoms with Crippen LogP contribution in [0.1, 0.15) is 38.9 Å². The normalized spacial score (nSPS) is 15.7. The molecule has 0 bridgehead atoms. The van der Waals surface area contributed by atoms with Gasteiger partial charge in [-0.05, 0) is 24.0 Å². The second-order valence-corrected chi connectivity index (χ2v) is 6.17. The van der Waals surface area contributed by atoms with Crippen molar-refractivity contribution in [1.29, 1.82) is 0 Å². The van der Waals surface area contributed by atoms with Crippen LogP contribution in [0.4, 0.5) is 0 Å². The Bertz CT molecular complexity index is 367. The lowest BCUT2D eigenvalue weighted by Gasteiger charge is -2.29. The average molecular weight is 276 g/mol. The molecule has 0 aliphatic carbocycles. The van der Waals surface area contributed by atoms with Crippen LogP contribution in [0.2, 0.25) is 10.0 Å². The summed E-state index contributed by atoms with van der Waals surface area (Å²) < 4.78 is 0. The molecule has 0 aliphatic heterocycles. The van der Waals surface area contributed by atoms with E-state index in [2.05, 4.69) is 0 Å². The Morgan fingerprint density at radius 2 is 1.71 bits per heavy atom. The number of halogens is 2. The largest absolute Gasteiger partial charge is 0.388 e. The summed E-state index contributed by atoms with van der Waals surface area (Å²) in [4.78, 5) is 0. The topological polar surface area (TPSA) is 46.2 Å². The number of hydrogen-bond donors (Lipinski definition) is 2. The Morgan fingerprint density at radius 3 is 2.12 bits per heavy atom. The van der Waals surface area contributed by atoms with Crippen molar-refractivity contribution in [1.82, 2.24) is 0 Å². The van der Waals surface area contributed by atoms with Crippen molar-refractivity contribution < 1.29 is 5.11 Å². The summed E-state index contributed by atoms with van der Waals surface area (Å²) in [5.41, 5.74) is 6.55. The zero-order valence-electron chi connectivity index (χ0n) is 10.4. The van der Waals surface area contributed by atoms with Crippen LogP contribution in [-0.4, -0.2) is 11.1 Å². The van der Waals surface area contributed by atoms with Crippen LogP contribution in [-0.2, 0) is 0 Å². The molecule has 3 N–H and O–H groups in total. The Kier molecular flexibility index (Phi) is 4.85. The van der Waals surface area contributed by atoms with Gasteiger partial charge >= 0.3 is 0 Å². The SMILES string of the molecule is CC(C)(C)[C@@H](N)C[C@@H](O)c1c(Cl)cccc1Cl. The van der Waals surface area contributed by atoms with Gasteiger partial charge in [0.25, 0.3) is 0 Å². The first-order valence-electron chi connectivity index (χ1n) is 5.61. The molecule has 0 heterocycles. The van der Waals surface area contributed by atoms with Crippen molar-refractivity contribution >= 4 is 23.2 Å². The standard InChI is InChI=1S/C13H19Cl2NO/c1-13(2,3)11(16)7-10(17)12-8(14)5-4-6-9(12)15/h4-6,10-11,17H,7,16H2,1-3H3/t10-,11+/m1/s1. The number of aliphatic hydroxyl groups is 1. The third-order valence-electron chi connectivity index (χ3n) is 2.92. The Balaban J connectivity index is 2.87. The molecule has 17 heavy (non-hydrogen) atoms. The van der Waals surface area contributed by atoms with Gasteiger partial charge in [-0.1, -0.05) is 50.0 Å². The average Bonchev–Trinajstić information content (AvgIpc) is 2.15. The zero-order valence-corrected chi connectivity index (χ0v) is 11.9. The molecule has 4 heteroatoms. The minimum Gasteiger partial charge on any atom is -0.388 e. The number of rotatable bonds is 3. The van der Waals surface area contributed by atoms with Gasteiger partial charge in [0.2, 0.25) is 0 Å². The molecule has 0 saturated carbocycles. The van der Waals surface area contributed by atoms with E-state index < -0.39 is 6.10 Å². The summed E-state index contributed by atoms with van der Waals surface area (Å²) in [5, 5.41) is 11.1. The molecular weight excluding hydrogens is 257 g/mol. The molecule has 0 radical (unpaired) electrons. The van der Waals surface area contributed by atoms with Crippen molar-refractivity contribution in [3.05, 3.63) is 33.8 Å². The molecule has 0 saturated heterocycles.